The molecule has 0 bridgehead atoms. The Hall–Kier alpha value is -4.06. The van der Waals surface area contributed by atoms with Gasteiger partial charge in [-0.2, -0.15) is 5.26 Å². The van der Waals surface area contributed by atoms with E-state index in [2.05, 4.69) is 5.32 Å². The first-order valence-corrected chi connectivity index (χ1v) is 10.5. The van der Waals surface area contributed by atoms with E-state index in [9.17, 15) is 20.2 Å². The average molecular weight is 498 g/mol. The highest BCUT2D eigenvalue weighted by Gasteiger charge is 2.14. The van der Waals surface area contributed by atoms with E-state index in [0.717, 1.165) is 0 Å². The zero-order valence-electron chi connectivity index (χ0n) is 17.7. The lowest BCUT2D eigenvalue weighted by molar-refractivity contribution is -0.384. The number of nitro benzene ring substituents is 1. The fourth-order valence-corrected chi connectivity index (χ4v) is 3.43. The first kappa shape index (κ1) is 24.6. The Morgan fingerprint density at radius 3 is 2.47 bits per heavy atom. The van der Waals surface area contributed by atoms with E-state index in [1.54, 1.807) is 36.4 Å². The molecule has 0 radical (unpaired) electrons. The van der Waals surface area contributed by atoms with Crippen molar-refractivity contribution in [2.75, 3.05) is 12.4 Å². The largest absolute Gasteiger partial charge is 0.493 e. The maximum atomic E-state index is 12.5. The van der Waals surface area contributed by atoms with Gasteiger partial charge in [-0.1, -0.05) is 41.4 Å². The van der Waals surface area contributed by atoms with E-state index >= 15 is 0 Å². The van der Waals surface area contributed by atoms with Crippen LogP contribution in [0.1, 0.15) is 11.1 Å². The second kappa shape index (κ2) is 11.2. The van der Waals surface area contributed by atoms with Crippen LogP contribution in [0.4, 0.5) is 11.4 Å². The van der Waals surface area contributed by atoms with Gasteiger partial charge in [0.1, 0.15) is 18.2 Å². The minimum Gasteiger partial charge on any atom is -0.493 e. The van der Waals surface area contributed by atoms with E-state index in [0.29, 0.717) is 32.7 Å². The molecule has 3 aromatic carbocycles. The van der Waals surface area contributed by atoms with Crippen LogP contribution in [0.2, 0.25) is 10.0 Å². The standard InChI is InChI=1S/C24H17Cl2N3O5/c1-33-23-11-15(8-9-22(23)34-14-19-20(25)6-3-7-21(19)26)10-16(13-27)24(30)28-17-4-2-5-18(12-17)29(31)32/h2-12H,14H2,1H3,(H,28,30)/b16-10+. The van der Waals surface area contributed by atoms with Crippen LogP contribution in [0.5, 0.6) is 11.5 Å². The van der Waals surface area contributed by atoms with Crippen LogP contribution in [0.15, 0.2) is 66.2 Å². The molecule has 10 heteroatoms. The number of carbonyl (C=O) groups excluding carboxylic acids is 1. The Balaban J connectivity index is 1.78. The summed E-state index contributed by atoms with van der Waals surface area (Å²) in [7, 11) is 1.46. The molecule has 172 valence electrons. The monoisotopic (exact) mass is 497 g/mol. The van der Waals surface area contributed by atoms with Crippen LogP contribution in [-0.2, 0) is 11.4 Å². The summed E-state index contributed by atoms with van der Waals surface area (Å²) >= 11 is 12.3. The summed E-state index contributed by atoms with van der Waals surface area (Å²) in [5.74, 6) is 0.0687. The number of ether oxygens (including phenoxy) is 2. The number of nitrogens with one attached hydrogen (secondary N) is 1. The number of rotatable bonds is 8. The van der Waals surface area contributed by atoms with Gasteiger partial charge in [-0.3, -0.25) is 14.9 Å². The van der Waals surface area contributed by atoms with Gasteiger partial charge < -0.3 is 14.8 Å². The molecule has 0 saturated heterocycles. The van der Waals surface area contributed by atoms with Crippen LogP contribution in [-0.4, -0.2) is 17.9 Å². The molecule has 0 aliphatic carbocycles. The lowest BCUT2D eigenvalue weighted by Crippen LogP contribution is -2.13. The second-order valence-corrected chi connectivity index (χ2v) is 7.64. The molecule has 0 aliphatic heterocycles. The molecule has 0 aliphatic rings. The van der Waals surface area contributed by atoms with Gasteiger partial charge in [0.15, 0.2) is 11.5 Å². The number of non-ortho nitro benzene ring substituents is 1. The molecule has 0 unspecified atom stereocenters. The number of hydrogen-bond donors (Lipinski definition) is 1. The smallest absolute Gasteiger partial charge is 0.271 e. The summed E-state index contributed by atoms with van der Waals surface area (Å²) < 4.78 is 11.2. The Bertz CT molecular complexity index is 1300. The molecule has 3 aromatic rings. The summed E-state index contributed by atoms with van der Waals surface area (Å²) in [4.78, 5) is 22.9. The fraction of sp³-hybridized carbons (Fsp3) is 0.0833. The lowest BCUT2D eigenvalue weighted by atomic mass is 10.1. The summed E-state index contributed by atoms with van der Waals surface area (Å²) in [6.45, 7) is 0.110. The Morgan fingerprint density at radius 2 is 1.82 bits per heavy atom. The van der Waals surface area contributed by atoms with Crippen LogP contribution in [0.25, 0.3) is 6.08 Å². The Labute approximate surface area is 205 Å². The molecule has 34 heavy (non-hydrogen) atoms. The lowest BCUT2D eigenvalue weighted by Gasteiger charge is -2.13. The number of carbonyl (C=O) groups is 1. The van der Waals surface area contributed by atoms with Crippen molar-refractivity contribution in [1.82, 2.24) is 0 Å². The molecular formula is C24H17Cl2N3O5. The van der Waals surface area contributed by atoms with Crippen LogP contribution < -0.4 is 14.8 Å². The van der Waals surface area contributed by atoms with E-state index in [1.165, 1.54) is 37.5 Å². The van der Waals surface area contributed by atoms with E-state index in [-0.39, 0.29) is 23.6 Å². The maximum Gasteiger partial charge on any atom is 0.271 e. The van der Waals surface area contributed by atoms with Crippen molar-refractivity contribution >= 4 is 46.6 Å². The Kier molecular flexibility index (Phi) is 8.09. The summed E-state index contributed by atoms with van der Waals surface area (Å²) in [6.07, 6.45) is 1.36. The van der Waals surface area contributed by atoms with Crippen LogP contribution in [0.3, 0.4) is 0 Å². The van der Waals surface area contributed by atoms with Crippen molar-refractivity contribution in [2.45, 2.75) is 6.61 Å². The summed E-state index contributed by atoms with van der Waals surface area (Å²) in [5, 5.41) is 23.8. The first-order valence-electron chi connectivity index (χ1n) is 9.73. The first-order chi connectivity index (χ1) is 16.3. The quantitative estimate of drug-likeness (QED) is 0.175. The topological polar surface area (TPSA) is 114 Å². The van der Waals surface area contributed by atoms with Gasteiger partial charge in [0.05, 0.1) is 12.0 Å². The molecule has 0 saturated carbocycles. The Morgan fingerprint density at radius 1 is 1.12 bits per heavy atom. The molecule has 3 rings (SSSR count). The molecule has 0 atom stereocenters. The number of anilines is 1. The highest BCUT2D eigenvalue weighted by atomic mass is 35.5. The van der Waals surface area contributed by atoms with E-state index < -0.39 is 10.8 Å². The van der Waals surface area contributed by atoms with Gasteiger partial charge in [-0.05, 0) is 42.0 Å². The van der Waals surface area contributed by atoms with Crippen molar-refractivity contribution in [3.63, 3.8) is 0 Å². The van der Waals surface area contributed by atoms with Gasteiger partial charge in [0, 0.05) is 33.4 Å². The van der Waals surface area contributed by atoms with Crippen molar-refractivity contribution < 1.29 is 19.2 Å². The second-order valence-electron chi connectivity index (χ2n) is 6.83. The van der Waals surface area contributed by atoms with Crippen LogP contribution in [0, 0.1) is 21.4 Å². The third-order valence-electron chi connectivity index (χ3n) is 4.61. The third kappa shape index (κ3) is 6.04. The number of methoxy groups -OCH3 is 1. The number of benzene rings is 3. The van der Waals surface area contributed by atoms with Crippen molar-refractivity contribution in [3.05, 3.63) is 97.5 Å². The SMILES string of the molecule is COc1cc(/C=C(\C#N)C(=O)Nc2cccc([N+](=O)[O-])c2)ccc1OCc1c(Cl)cccc1Cl. The number of hydrogen-bond acceptors (Lipinski definition) is 6. The predicted octanol–water partition coefficient (Wildman–Crippen LogP) is 6.03. The maximum absolute atomic E-state index is 12.5. The van der Waals surface area contributed by atoms with Gasteiger partial charge in [-0.25, -0.2) is 0 Å². The number of halogens is 2. The van der Waals surface area contributed by atoms with Gasteiger partial charge in [0.2, 0.25) is 0 Å². The molecule has 0 spiro atoms. The van der Waals surface area contributed by atoms with Crippen molar-refractivity contribution in [1.29, 1.82) is 5.26 Å². The van der Waals surface area contributed by atoms with Gasteiger partial charge >= 0.3 is 0 Å². The fourth-order valence-electron chi connectivity index (χ4n) is 2.92. The van der Waals surface area contributed by atoms with Gasteiger partial charge in [0.25, 0.3) is 11.6 Å². The molecule has 1 amide bonds. The average Bonchev–Trinajstić information content (AvgIpc) is 2.82. The van der Waals surface area contributed by atoms with Crippen molar-refractivity contribution in [3.8, 4) is 17.6 Å². The summed E-state index contributed by atoms with van der Waals surface area (Å²) in [6, 6.07) is 17.3. The number of nitriles is 1. The number of amides is 1. The third-order valence-corrected chi connectivity index (χ3v) is 5.32. The normalized spacial score (nSPS) is 10.8. The number of nitrogens with zero attached hydrogens (tertiary/aromatic N) is 2. The number of nitro groups is 1. The predicted molar refractivity (Wildman–Crippen MR) is 129 cm³/mol. The molecule has 8 nitrogen and oxygen atoms in total. The minimum absolute atomic E-state index is 0.110. The zero-order chi connectivity index (χ0) is 24.7. The summed E-state index contributed by atoms with van der Waals surface area (Å²) in [5.41, 5.74) is 0.941. The van der Waals surface area contributed by atoms with E-state index in [4.69, 9.17) is 32.7 Å². The van der Waals surface area contributed by atoms with Crippen molar-refractivity contribution in [2.24, 2.45) is 0 Å². The highest BCUT2D eigenvalue weighted by Crippen LogP contribution is 2.32. The molecular weight excluding hydrogens is 481 g/mol. The zero-order valence-corrected chi connectivity index (χ0v) is 19.3. The van der Waals surface area contributed by atoms with E-state index in [1.807, 2.05) is 6.07 Å². The highest BCUT2D eigenvalue weighted by molar-refractivity contribution is 6.35. The minimum atomic E-state index is -0.712. The molecule has 0 fully saturated rings. The molecule has 0 heterocycles. The molecule has 1 N–H and O–H groups in total. The van der Waals surface area contributed by atoms with Gasteiger partial charge in [-0.15, -0.1) is 0 Å². The molecule has 0 aromatic heterocycles. The van der Waals surface area contributed by atoms with Crippen LogP contribution >= 0.6 is 23.2 Å².